The highest BCUT2D eigenvalue weighted by Crippen LogP contribution is 2.25. The van der Waals surface area contributed by atoms with Crippen LogP contribution in [0.2, 0.25) is 0 Å². The zero-order chi connectivity index (χ0) is 17.7. The van der Waals surface area contributed by atoms with Gasteiger partial charge in [-0.1, -0.05) is 23.8 Å². The molecular formula is C16H18ClFN2O3S. The minimum Gasteiger partial charge on any atom is -0.445 e. The van der Waals surface area contributed by atoms with E-state index >= 15 is 0 Å². The van der Waals surface area contributed by atoms with Gasteiger partial charge in [0.05, 0.1) is 11.1 Å². The molecule has 0 bridgehead atoms. The molecule has 1 aromatic heterocycles. The van der Waals surface area contributed by atoms with Crippen molar-refractivity contribution >= 4 is 27.2 Å². The molecule has 0 fully saturated rings. The van der Waals surface area contributed by atoms with Crippen LogP contribution >= 0.6 is 11.6 Å². The quantitative estimate of drug-likeness (QED) is 0.775. The lowest BCUT2D eigenvalue weighted by Crippen LogP contribution is -2.33. The lowest BCUT2D eigenvalue weighted by molar-refractivity contribution is 0.319. The Kier molecular flexibility index (Phi) is 6.15. The molecule has 0 spiro atoms. The predicted molar refractivity (Wildman–Crippen MR) is 92.3 cm³/mol. The number of nitrogens with one attached hydrogen (secondary N) is 1. The Balaban J connectivity index is 2.00. The van der Waals surface area contributed by atoms with E-state index in [1.54, 1.807) is 19.1 Å². The van der Waals surface area contributed by atoms with E-state index in [4.69, 9.17) is 16.0 Å². The molecule has 1 aromatic rings. The smallest absolute Gasteiger partial charge is 0.236 e. The van der Waals surface area contributed by atoms with Crippen molar-refractivity contribution in [2.75, 3.05) is 6.54 Å². The van der Waals surface area contributed by atoms with Gasteiger partial charge in [0.25, 0.3) is 0 Å². The van der Waals surface area contributed by atoms with Crippen molar-refractivity contribution in [1.29, 1.82) is 0 Å². The number of halogens is 2. The summed E-state index contributed by atoms with van der Waals surface area (Å²) in [7, 11) is -3.68. The molecule has 2 unspecified atom stereocenters. The van der Waals surface area contributed by atoms with Gasteiger partial charge in [-0.25, -0.2) is 22.5 Å². The first kappa shape index (κ1) is 18.6. The average molecular weight is 373 g/mol. The van der Waals surface area contributed by atoms with Crippen molar-refractivity contribution in [1.82, 2.24) is 9.71 Å². The molecule has 5 nitrogen and oxygen atoms in total. The third-order valence-electron chi connectivity index (χ3n) is 3.43. The Labute approximate surface area is 145 Å². The van der Waals surface area contributed by atoms with E-state index in [0.717, 1.165) is 0 Å². The molecular weight excluding hydrogens is 355 g/mol. The second-order valence-corrected chi connectivity index (χ2v) is 7.84. The molecule has 1 N–H and O–H groups in total. The zero-order valence-corrected chi connectivity index (χ0v) is 14.8. The largest absolute Gasteiger partial charge is 0.445 e. The third kappa shape index (κ3) is 4.90. The minimum atomic E-state index is -3.68. The van der Waals surface area contributed by atoms with Gasteiger partial charge in [-0.3, -0.25) is 0 Å². The number of nitrogens with zero attached hydrogens (tertiary/aromatic N) is 1. The average Bonchev–Trinajstić information content (AvgIpc) is 3.05. The van der Waals surface area contributed by atoms with E-state index in [1.807, 2.05) is 0 Å². The topological polar surface area (TPSA) is 72.2 Å². The number of sulfonamides is 1. The van der Waals surface area contributed by atoms with Gasteiger partial charge in [-0.15, -0.1) is 0 Å². The van der Waals surface area contributed by atoms with Crippen LogP contribution < -0.4 is 4.72 Å². The Morgan fingerprint density at radius 1 is 1.46 bits per heavy atom. The van der Waals surface area contributed by atoms with E-state index < -0.39 is 22.1 Å². The molecule has 1 aliphatic carbocycles. The van der Waals surface area contributed by atoms with E-state index in [-0.39, 0.29) is 11.4 Å². The van der Waals surface area contributed by atoms with Gasteiger partial charge in [-0.05, 0) is 32.1 Å². The molecule has 0 amide bonds. The van der Waals surface area contributed by atoms with E-state index in [1.165, 1.54) is 37.6 Å². The zero-order valence-electron chi connectivity index (χ0n) is 13.2. The second kappa shape index (κ2) is 7.92. The summed E-state index contributed by atoms with van der Waals surface area (Å²) in [6.45, 7) is 3.04. The molecule has 130 valence electrons. The molecule has 2 atom stereocenters. The van der Waals surface area contributed by atoms with E-state index in [0.29, 0.717) is 16.5 Å². The number of oxazole rings is 1. The fourth-order valence-electron chi connectivity index (χ4n) is 2.01. The highest BCUT2D eigenvalue weighted by molar-refractivity contribution is 7.93. The fraction of sp³-hybridized carbons (Fsp3) is 0.312. The first-order chi connectivity index (χ1) is 11.3. The van der Waals surface area contributed by atoms with Crippen LogP contribution in [0.5, 0.6) is 0 Å². The van der Waals surface area contributed by atoms with E-state index in [2.05, 4.69) is 9.71 Å². The first-order valence-electron chi connectivity index (χ1n) is 7.24. The summed E-state index contributed by atoms with van der Waals surface area (Å²) in [5.41, 5.74) is 0.533. The number of rotatable bonds is 6. The normalized spacial score (nSPS) is 22.6. The van der Waals surface area contributed by atoms with Crippen molar-refractivity contribution in [2.24, 2.45) is 5.92 Å². The SMILES string of the molecule is CC(Cl)=CC=C(C)S(=O)(=O)NCC1C=CC(c2ncco2)=CC1F. The van der Waals surface area contributed by atoms with Crippen LogP contribution in [0.15, 0.2) is 57.2 Å². The van der Waals surface area contributed by atoms with Crippen molar-refractivity contribution in [3.63, 3.8) is 0 Å². The Bertz CT molecular complexity index is 791. The van der Waals surface area contributed by atoms with Crippen LogP contribution in [0.1, 0.15) is 19.7 Å². The molecule has 0 aliphatic heterocycles. The summed E-state index contributed by atoms with van der Waals surface area (Å²) in [6.07, 6.45) is 9.07. The summed E-state index contributed by atoms with van der Waals surface area (Å²) in [6, 6.07) is 0. The predicted octanol–water partition coefficient (Wildman–Crippen LogP) is 3.55. The number of allylic oxidation sites excluding steroid dienone is 7. The lowest BCUT2D eigenvalue weighted by Gasteiger charge is -2.20. The number of alkyl halides is 1. The molecule has 0 saturated carbocycles. The Morgan fingerprint density at radius 3 is 2.79 bits per heavy atom. The van der Waals surface area contributed by atoms with Crippen LogP contribution in [0.4, 0.5) is 4.39 Å². The third-order valence-corrected chi connectivity index (χ3v) is 5.09. The minimum absolute atomic E-state index is 0.0515. The second-order valence-electron chi connectivity index (χ2n) is 5.31. The summed E-state index contributed by atoms with van der Waals surface area (Å²) in [4.78, 5) is 4.06. The monoisotopic (exact) mass is 372 g/mol. The molecule has 0 saturated heterocycles. The fourth-order valence-corrected chi connectivity index (χ4v) is 2.96. The maximum Gasteiger partial charge on any atom is 0.236 e. The van der Waals surface area contributed by atoms with Crippen LogP contribution in [0.3, 0.4) is 0 Å². The number of hydrogen-bond acceptors (Lipinski definition) is 4. The Hall–Kier alpha value is -1.70. The Morgan fingerprint density at radius 2 is 2.21 bits per heavy atom. The van der Waals surface area contributed by atoms with Gasteiger partial charge in [-0.2, -0.15) is 0 Å². The summed E-state index contributed by atoms with van der Waals surface area (Å²) in [5.74, 6) is -0.272. The molecule has 0 aromatic carbocycles. The van der Waals surface area contributed by atoms with Gasteiger partial charge in [0.2, 0.25) is 15.9 Å². The van der Waals surface area contributed by atoms with Gasteiger partial charge in [0.15, 0.2) is 0 Å². The van der Waals surface area contributed by atoms with Gasteiger partial charge in [0.1, 0.15) is 12.4 Å². The molecule has 1 aliphatic rings. The van der Waals surface area contributed by atoms with Crippen molar-refractivity contribution < 1.29 is 17.2 Å². The molecule has 2 rings (SSSR count). The molecule has 0 radical (unpaired) electrons. The van der Waals surface area contributed by atoms with Crippen LogP contribution in [0.25, 0.3) is 5.57 Å². The lowest BCUT2D eigenvalue weighted by atomic mass is 9.95. The van der Waals surface area contributed by atoms with E-state index in [9.17, 15) is 12.8 Å². The molecule has 8 heteroatoms. The highest BCUT2D eigenvalue weighted by Gasteiger charge is 2.24. The van der Waals surface area contributed by atoms with Crippen LogP contribution in [-0.2, 0) is 10.0 Å². The van der Waals surface area contributed by atoms with Crippen molar-refractivity contribution in [3.8, 4) is 0 Å². The number of hydrogen-bond donors (Lipinski definition) is 1. The highest BCUT2D eigenvalue weighted by atomic mass is 35.5. The van der Waals surface area contributed by atoms with Crippen molar-refractivity contribution in [2.45, 2.75) is 20.0 Å². The van der Waals surface area contributed by atoms with Gasteiger partial charge >= 0.3 is 0 Å². The summed E-state index contributed by atoms with van der Waals surface area (Å²) >= 11 is 5.67. The van der Waals surface area contributed by atoms with Crippen LogP contribution in [-0.4, -0.2) is 26.1 Å². The maximum absolute atomic E-state index is 14.2. The number of aromatic nitrogens is 1. The van der Waals surface area contributed by atoms with Gasteiger partial charge in [0, 0.05) is 23.1 Å². The van der Waals surface area contributed by atoms with Crippen molar-refractivity contribution in [3.05, 3.63) is 58.7 Å². The van der Waals surface area contributed by atoms with Gasteiger partial charge < -0.3 is 4.42 Å². The summed E-state index contributed by atoms with van der Waals surface area (Å²) < 4.78 is 46.0. The standard InChI is InChI=1S/C16H18ClFN2O3S/c1-11(17)3-4-12(2)24(21,22)20-10-14-6-5-13(9-15(14)18)16-19-7-8-23-16/h3-9,14-15,20H,10H2,1-2H3. The first-order valence-corrected chi connectivity index (χ1v) is 9.10. The maximum atomic E-state index is 14.2. The molecule has 24 heavy (non-hydrogen) atoms. The van der Waals surface area contributed by atoms with Crippen LogP contribution in [0, 0.1) is 5.92 Å². The summed E-state index contributed by atoms with van der Waals surface area (Å²) in [5, 5.41) is 0.466. The molecule has 1 heterocycles.